The van der Waals surface area contributed by atoms with E-state index in [-0.39, 0.29) is 5.69 Å². The number of thiazole rings is 1. The lowest BCUT2D eigenvalue weighted by Crippen LogP contribution is -2.00. The minimum Gasteiger partial charge on any atom is -0.477 e. The average molecular weight is 275 g/mol. The lowest BCUT2D eigenvalue weighted by molar-refractivity contribution is 0.0690. The van der Waals surface area contributed by atoms with E-state index in [1.165, 1.54) is 35.7 Å². The van der Waals surface area contributed by atoms with E-state index in [2.05, 4.69) is 15.3 Å². The number of fused-ring (bicyclic) bond motifs is 1. The van der Waals surface area contributed by atoms with Crippen molar-refractivity contribution in [2.24, 2.45) is 0 Å². The van der Waals surface area contributed by atoms with Crippen LogP contribution in [-0.4, -0.2) is 21.0 Å². The molecule has 19 heavy (non-hydrogen) atoms. The van der Waals surface area contributed by atoms with Crippen molar-refractivity contribution >= 4 is 28.1 Å². The number of nitrogens with one attached hydrogen (secondary N) is 1. The molecule has 2 aromatic rings. The summed E-state index contributed by atoms with van der Waals surface area (Å²) >= 11 is 1.67. The third-order valence-electron chi connectivity index (χ3n) is 3.08. The topological polar surface area (TPSA) is 75.1 Å². The van der Waals surface area contributed by atoms with Crippen molar-refractivity contribution in [1.82, 2.24) is 9.97 Å². The van der Waals surface area contributed by atoms with Crippen molar-refractivity contribution < 1.29 is 9.90 Å². The monoisotopic (exact) mass is 275 g/mol. The lowest BCUT2D eigenvalue weighted by atomic mass is 10.0. The fraction of sp³-hybridized carbons (Fsp3) is 0.308. The number of aromatic carboxylic acids is 1. The summed E-state index contributed by atoms with van der Waals surface area (Å²) < 4.78 is 0. The van der Waals surface area contributed by atoms with E-state index < -0.39 is 5.97 Å². The van der Waals surface area contributed by atoms with Crippen molar-refractivity contribution in [3.63, 3.8) is 0 Å². The van der Waals surface area contributed by atoms with Crippen LogP contribution in [0.2, 0.25) is 0 Å². The largest absolute Gasteiger partial charge is 0.477 e. The maximum atomic E-state index is 10.7. The Morgan fingerprint density at radius 3 is 2.84 bits per heavy atom. The highest BCUT2D eigenvalue weighted by molar-refractivity contribution is 7.15. The Morgan fingerprint density at radius 2 is 2.16 bits per heavy atom. The molecule has 0 aliphatic heterocycles. The van der Waals surface area contributed by atoms with Gasteiger partial charge in [0.1, 0.15) is 5.69 Å². The van der Waals surface area contributed by atoms with E-state index >= 15 is 0 Å². The molecule has 98 valence electrons. The maximum Gasteiger partial charge on any atom is 0.354 e. The van der Waals surface area contributed by atoms with Crippen LogP contribution in [0.5, 0.6) is 0 Å². The molecule has 1 aliphatic rings. The molecule has 0 fully saturated rings. The van der Waals surface area contributed by atoms with E-state index in [4.69, 9.17) is 5.11 Å². The van der Waals surface area contributed by atoms with Gasteiger partial charge in [0.15, 0.2) is 5.13 Å². The molecule has 0 saturated carbocycles. The Labute approximate surface area is 114 Å². The summed E-state index contributed by atoms with van der Waals surface area (Å²) in [4.78, 5) is 20.5. The van der Waals surface area contributed by atoms with E-state index in [0.29, 0.717) is 0 Å². The van der Waals surface area contributed by atoms with Gasteiger partial charge in [-0.2, -0.15) is 0 Å². The second-order valence-corrected chi connectivity index (χ2v) is 5.54. The van der Waals surface area contributed by atoms with E-state index in [1.807, 2.05) is 0 Å². The highest BCUT2D eigenvalue weighted by atomic mass is 32.1. The van der Waals surface area contributed by atoms with Crippen molar-refractivity contribution in [3.8, 4) is 0 Å². The molecule has 0 unspecified atom stereocenters. The predicted octanol–water partition coefficient (Wildman–Crippen LogP) is 2.86. The molecular weight excluding hydrogens is 262 g/mol. The summed E-state index contributed by atoms with van der Waals surface area (Å²) in [5.74, 6) is -1.02. The van der Waals surface area contributed by atoms with Crippen molar-refractivity contribution in [2.75, 3.05) is 5.32 Å². The standard InChI is InChI=1S/C13H13N3O2S/c17-12(18)10-6-5-8(7-14-10)15-13-16-9-3-1-2-4-11(9)19-13/h5-7H,1-4H2,(H,15,16)(H,17,18). The van der Waals surface area contributed by atoms with Gasteiger partial charge in [0.25, 0.3) is 0 Å². The number of carbonyl (C=O) groups is 1. The predicted molar refractivity (Wildman–Crippen MR) is 73.2 cm³/mol. The normalized spacial score (nSPS) is 13.9. The molecule has 0 radical (unpaired) electrons. The molecule has 0 aromatic carbocycles. The van der Waals surface area contributed by atoms with E-state index in [9.17, 15) is 4.79 Å². The van der Waals surface area contributed by atoms with Crippen LogP contribution in [0.3, 0.4) is 0 Å². The van der Waals surface area contributed by atoms with Gasteiger partial charge < -0.3 is 10.4 Å². The molecule has 0 spiro atoms. The Balaban J connectivity index is 1.77. The second-order valence-electron chi connectivity index (χ2n) is 4.46. The molecule has 0 bridgehead atoms. The van der Waals surface area contributed by atoms with Crippen LogP contribution in [-0.2, 0) is 12.8 Å². The number of carboxylic acids is 1. The summed E-state index contributed by atoms with van der Waals surface area (Å²) in [6, 6.07) is 3.19. The second kappa shape index (κ2) is 4.97. The Morgan fingerprint density at radius 1 is 1.32 bits per heavy atom. The minimum absolute atomic E-state index is 0.0454. The first-order valence-corrected chi connectivity index (χ1v) is 6.99. The fourth-order valence-electron chi connectivity index (χ4n) is 2.12. The van der Waals surface area contributed by atoms with Gasteiger partial charge in [-0.05, 0) is 37.8 Å². The molecular formula is C13H13N3O2S. The van der Waals surface area contributed by atoms with Crippen molar-refractivity contribution in [2.45, 2.75) is 25.7 Å². The average Bonchev–Trinajstić information content (AvgIpc) is 2.81. The third-order valence-corrected chi connectivity index (χ3v) is 4.15. The van der Waals surface area contributed by atoms with Crippen LogP contribution >= 0.6 is 11.3 Å². The van der Waals surface area contributed by atoms with Gasteiger partial charge >= 0.3 is 5.97 Å². The summed E-state index contributed by atoms with van der Waals surface area (Å²) in [7, 11) is 0. The summed E-state index contributed by atoms with van der Waals surface area (Å²) in [5.41, 5.74) is 2.01. The summed E-state index contributed by atoms with van der Waals surface area (Å²) in [5, 5.41) is 12.8. The number of carboxylic acid groups (broad SMARTS) is 1. The molecule has 3 rings (SSSR count). The fourth-order valence-corrected chi connectivity index (χ4v) is 3.19. The highest BCUT2D eigenvalue weighted by Crippen LogP contribution is 2.31. The number of nitrogens with zero attached hydrogens (tertiary/aromatic N) is 2. The zero-order chi connectivity index (χ0) is 13.2. The van der Waals surface area contributed by atoms with Crippen LogP contribution in [0.4, 0.5) is 10.8 Å². The van der Waals surface area contributed by atoms with Gasteiger partial charge in [-0.15, -0.1) is 11.3 Å². The third kappa shape index (κ3) is 2.58. The molecule has 2 N–H and O–H groups in total. The number of rotatable bonds is 3. The Hall–Kier alpha value is -1.95. The SMILES string of the molecule is O=C(O)c1ccc(Nc2nc3c(s2)CCCC3)cn1. The van der Waals surface area contributed by atoms with E-state index in [1.54, 1.807) is 17.4 Å². The van der Waals surface area contributed by atoms with Crippen molar-refractivity contribution in [3.05, 3.63) is 34.6 Å². The highest BCUT2D eigenvalue weighted by Gasteiger charge is 2.15. The number of pyridine rings is 1. The first-order chi connectivity index (χ1) is 9.22. The summed E-state index contributed by atoms with van der Waals surface area (Å²) in [6.45, 7) is 0. The molecule has 0 saturated heterocycles. The number of aromatic nitrogens is 2. The molecule has 5 nitrogen and oxygen atoms in total. The van der Waals surface area contributed by atoms with Gasteiger partial charge in [0.2, 0.25) is 0 Å². The van der Waals surface area contributed by atoms with Crippen LogP contribution in [0, 0.1) is 0 Å². The molecule has 2 aromatic heterocycles. The van der Waals surface area contributed by atoms with Gasteiger partial charge in [-0.1, -0.05) is 0 Å². The van der Waals surface area contributed by atoms with Gasteiger partial charge in [-0.3, -0.25) is 0 Å². The minimum atomic E-state index is -1.02. The van der Waals surface area contributed by atoms with Crippen LogP contribution in [0.25, 0.3) is 0 Å². The first-order valence-electron chi connectivity index (χ1n) is 6.17. The zero-order valence-electron chi connectivity index (χ0n) is 10.2. The summed E-state index contributed by atoms with van der Waals surface area (Å²) in [6.07, 6.45) is 6.15. The van der Waals surface area contributed by atoms with Crippen molar-refractivity contribution in [1.29, 1.82) is 0 Å². The van der Waals surface area contributed by atoms with Crippen LogP contribution in [0.15, 0.2) is 18.3 Å². The van der Waals surface area contributed by atoms with Gasteiger partial charge in [0, 0.05) is 4.88 Å². The smallest absolute Gasteiger partial charge is 0.354 e. The van der Waals surface area contributed by atoms with Crippen LogP contribution < -0.4 is 5.32 Å². The molecule has 6 heteroatoms. The number of hydrogen-bond acceptors (Lipinski definition) is 5. The Bertz CT molecular complexity index is 583. The first kappa shape index (κ1) is 12.1. The number of aryl methyl sites for hydroxylation is 2. The quantitative estimate of drug-likeness (QED) is 0.901. The van der Waals surface area contributed by atoms with Gasteiger partial charge in [-0.25, -0.2) is 14.8 Å². The van der Waals surface area contributed by atoms with Crippen LogP contribution in [0.1, 0.15) is 33.9 Å². The number of anilines is 2. The van der Waals surface area contributed by atoms with E-state index in [0.717, 1.165) is 23.7 Å². The lowest BCUT2D eigenvalue weighted by Gasteiger charge is -2.06. The van der Waals surface area contributed by atoms with Gasteiger partial charge in [0.05, 0.1) is 17.6 Å². The molecule has 2 heterocycles. The Kier molecular flexibility index (Phi) is 3.16. The molecule has 0 amide bonds. The zero-order valence-corrected chi connectivity index (χ0v) is 11.0. The molecule has 1 aliphatic carbocycles. The molecule has 0 atom stereocenters. The maximum absolute atomic E-state index is 10.7. The number of hydrogen-bond donors (Lipinski definition) is 2.